The molecule has 0 saturated carbocycles. The van der Waals surface area contributed by atoms with Gasteiger partial charge in [0.05, 0.1) is 22.8 Å². The highest BCUT2D eigenvalue weighted by molar-refractivity contribution is 7.24. The molecule has 9 rings (SSSR count). The van der Waals surface area contributed by atoms with Crippen molar-refractivity contribution in [1.29, 1.82) is 0 Å². The Morgan fingerprint density at radius 3 is 1.13 bits per heavy atom. The SMILES string of the molecule is CN1C=CC=C(c2c3nc(c(C4=CC=CN(C)C4)c4ccc(s4)c(C4=CC=CN(C)C4)c4nc(c(C5=CC=CN(C)C5)c5ccc2[nH]5)C=C4)C=C3)C1. The van der Waals surface area contributed by atoms with E-state index in [1.807, 2.05) is 11.3 Å². The molecule has 0 amide bonds. The average Bonchev–Trinajstić information content (AvgIpc) is 3.96. The van der Waals surface area contributed by atoms with Crippen molar-refractivity contribution in [1.82, 2.24) is 34.6 Å². The van der Waals surface area contributed by atoms with Crippen LogP contribution in [0.25, 0.3) is 67.0 Å². The molecular formula is C44H41N7S. The lowest BCUT2D eigenvalue weighted by molar-refractivity contribution is 0.512. The van der Waals surface area contributed by atoms with Crippen molar-refractivity contribution in [2.45, 2.75) is 0 Å². The molecule has 0 saturated heterocycles. The van der Waals surface area contributed by atoms with E-state index in [0.29, 0.717) is 0 Å². The van der Waals surface area contributed by atoms with Gasteiger partial charge in [0.1, 0.15) is 0 Å². The van der Waals surface area contributed by atoms with E-state index in [0.717, 1.165) is 71.1 Å². The molecule has 7 nitrogen and oxygen atoms in total. The number of hydrogen-bond acceptors (Lipinski definition) is 7. The predicted octanol–water partition coefficient (Wildman–Crippen LogP) is 8.76. The first-order chi connectivity index (χ1) is 25.4. The highest BCUT2D eigenvalue weighted by Gasteiger charge is 2.23. The van der Waals surface area contributed by atoms with Gasteiger partial charge in [-0.1, -0.05) is 24.3 Å². The van der Waals surface area contributed by atoms with Crippen molar-refractivity contribution in [3.63, 3.8) is 0 Å². The van der Waals surface area contributed by atoms with Gasteiger partial charge in [-0.15, -0.1) is 11.3 Å². The molecule has 258 valence electrons. The first-order valence-corrected chi connectivity index (χ1v) is 18.6. The number of hydrogen-bond donors (Lipinski definition) is 1. The van der Waals surface area contributed by atoms with Gasteiger partial charge in [-0.3, -0.25) is 0 Å². The summed E-state index contributed by atoms with van der Waals surface area (Å²) in [7, 11) is 8.50. The fourth-order valence-electron chi connectivity index (χ4n) is 7.79. The van der Waals surface area contributed by atoms with Gasteiger partial charge in [-0.2, -0.15) is 0 Å². The summed E-state index contributed by atoms with van der Waals surface area (Å²) in [6, 6.07) is 9.00. The van der Waals surface area contributed by atoms with Crippen molar-refractivity contribution in [3.8, 4) is 0 Å². The van der Waals surface area contributed by atoms with Crippen LogP contribution >= 0.6 is 11.3 Å². The lowest BCUT2D eigenvalue weighted by Gasteiger charge is -2.21. The van der Waals surface area contributed by atoms with Crippen LogP contribution in [0.15, 0.2) is 97.7 Å². The van der Waals surface area contributed by atoms with E-state index >= 15 is 0 Å². The molecule has 8 heteroatoms. The van der Waals surface area contributed by atoms with Gasteiger partial charge in [0.15, 0.2) is 0 Å². The molecule has 0 atom stereocenters. The molecule has 3 aromatic rings. The minimum absolute atomic E-state index is 0.790. The van der Waals surface area contributed by atoms with Gasteiger partial charge in [0.25, 0.3) is 0 Å². The van der Waals surface area contributed by atoms with Crippen LogP contribution in [0, 0.1) is 0 Å². The molecule has 0 aromatic carbocycles. The lowest BCUT2D eigenvalue weighted by Crippen LogP contribution is -2.17. The van der Waals surface area contributed by atoms with Gasteiger partial charge in [0.2, 0.25) is 0 Å². The molecule has 0 aliphatic carbocycles. The molecular weight excluding hydrogens is 659 g/mol. The Balaban J connectivity index is 1.43. The minimum atomic E-state index is 0.790. The summed E-state index contributed by atoms with van der Waals surface area (Å²) >= 11 is 1.83. The Kier molecular flexibility index (Phi) is 8.04. The average molecular weight is 700 g/mol. The van der Waals surface area contributed by atoms with Crippen LogP contribution in [0.1, 0.15) is 45.0 Å². The molecule has 0 unspecified atom stereocenters. The zero-order chi connectivity index (χ0) is 35.3. The van der Waals surface area contributed by atoms with Crippen LogP contribution in [-0.4, -0.2) is 88.9 Å². The van der Waals surface area contributed by atoms with E-state index in [1.54, 1.807) is 0 Å². The van der Waals surface area contributed by atoms with E-state index in [1.165, 1.54) is 42.8 Å². The number of likely N-dealkylation sites (N-methyl/N-ethyl adjacent to an activating group) is 4. The van der Waals surface area contributed by atoms with Crippen molar-refractivity contribution < 1.29 is 0 Å². The zero-order valence-corrected chi connectivity index (χ0v) is 30.8. The minimum Gasteiger partial charge on any atom is -0.376 e. The molecule has 0 fully saturated rings. The summed E-state index contributed by atoms with van der Waals surface area (Å²) in [5.41, 5.74) is 15.5. The number of H-pyrrole nitrogens is 1. The summed E-state index contributed by atoms with van der Waals surface area (Å²) in [5.74, 6) is 0. The van der Waals surface area contributed by atoms with Gasteiger partial charge in [-0.05, 0) is 120 Å². The molecule has 6 aliphatic rings. The van der Waals surface area contributed by atoms with Crippen molar-refractivity contribution >= 4 is 78.4 Å². The Labute approximate surface area is 308 Å². The number of nitrogens with zero attached hydrogens (tertiary/aromatic N) is 6. The molecule has 6 aliphatic heterocycles. The summed E-state index contributed by atoms with van der Waals surface area (Å²) < 4.78 is 2.40. The van der Waals surface area contributed by atoms with E-state index in [9.17, 15) is 0 Å². The second-order valence-corrected chi connectivity index (χ2v) is 15.3. The molecule has 0 spiro atoms. The second-order valence-electron chi connectivity index (χ2n) is 14.2. The Morgan fingerprint density at radius 1 is 0.462 bits per heavy atom. The first-order valence-electron chi connectivity index (χ1n) is 17.8. The highest BCUT2D eigenvalue weighted by atomic mass is 32.1. The maximum absolute atomic E-state index is 5.48. The summed E-state index contributed by atoms with van der Waals surface area (Å²) in [6.07, 6.45) is 34.8. The maximum atomic E-state index is 5.48. The Bertz CT molecular complexity index is 2150. The zero-order valence-electron chi connectivity index (χ0n) is 30.0. The molecule has 0 radical (unpaired) electrons. The molecule has 1 N–H and O–H groups in total. The second kappa shape index (κ2) is 13.0. The first kappa shape index (κ1) is 32.1. The Hall–Kier alpha value is -5.86. The molecule has 8 bridgehead atoms. The molecule has 3 aromatic heterocycles. The monoisotopic (exact) mass is 699 g/mol. The highest BCUT2D eigenvalue weighted by Crippen LogP contribution is 2.39. The summed E-state index contributed by atoms with van der Waals surface area (Å²) in [4.78, 5) is 23.8. The third kappa shape index (κ3) is 5.89. The van der Waals surface area contributed by atoms with E-state index < -0.39 is 0 Å². The summed E-state index contributed by atoms with van der Waals surface area (Å²) in [6.45, 7) is 3.20. The van der Waals surface area contributed by atoms with Crippen LogP contribution in [0.2, 0.25) is 0 Å². The maximum Gasteiger partial charge on any atom is 0.0734 e. The molecule has 52 heavy (non-hydrogen) atoms. The topological polar surface area (TPSA) is 54.5 Å². The third-order valence-corrected chi connectivity index (χ3v) is 11.3. The number of aromatic nitrogens is 3. The van der Waals surface area contributed by atoms with E-state index in [4.69, 9.17) is 9.97 Å². The normalized spacial score (nSPS) is 17.9. The van der Waals surface area contributed by atoms with Gasteiger partial charge < -0.3 is 24.6 Å². The van der Waals surface area contributed by atoms with E-state index in [-0.39, 0.29) is 0 Å². The fourth-order valence-corrected chi connectivity index (χ4v) is 8.98. The van der Waals surface area contributed by atoms with Crippen molar-refractivity contribution in [3.05, 3.63) is 143 Å². The van der Waals surface area contributed by atoms with Crippen LogP contribution in [-0.2, 0) is 0 Å². The Morgan fingerprint density at radius 2 is 0.788 bits per heavy atom. The number of thiophene rings is 1. The van der Waals surface area contributed by atoms with E-state index in [2.05, 4.69) is 175 Å². The van der Waals surface area contributed by atoms with Gasteiger partial charge >= 0.3 is 0 Å². The third-order valence-electron chi connectivity index (χ3n) is 10.1. The largest absolute Gasteiger partial charge is 0.376 e. The van der Waals surface area contributed by atoms with Crippen LogP contribution in [0.3, 0.4) is 0 Å². The van der Waals surface area contributed by atoms with Gasteiger partial charge in [-0.25, -0.2) is 9.97 Å². The number of fused-ring (bicyclic) bond motifs is 8. The predicted molar refractivity (Wildman–Crippen MR) is 221 cm³/mol. The van der Waals surface area contributed by atoms with Crippen LogP contribution in [0.5, 0.6) is 0 Å². The van der Waals surface area contributed by atoms with Crippen molar-refractivity contribution in [2.75, 3.05) is 54.4 Å². The standard InChI is InChI=1S/C44H41N7S/c1-48-21-5-9-29(25-48)41-33-13-14-34(45-33)42(30-10-6-22-49(2)26-30)36-16-18-38(47-36)44(32-12-8-24-51(4)28-32)40-20-19-39(52-40)43(37-17-15-35(41)46-37)31-11-7-23-50(3)27-31/h5-24,45H,25-28H2,1-4H3. The summed E-state index contributed by atoms with van der Waals surface area (Å²) in [5, 5.41) is 0. The number of aromatic amines is 1. The van der Waals surface area contributed by atoms with Crippen LogP contribution < -0.4 is 0 Å². The smallest absolute Gasteiger partial charge is 0.0734 e. The number of nitrogens with one attached hydrogen (secondary N) is 1. The lowest BCUT2D eigenvalue weighted by atomic mass is 10.0. The fraction of sp³-hybridized carbons (Fsp3) is 0.182. The number of allylic oxidation sites excluding steroid dienone is 8. The molecule has 9 heterocycles. The number of rotatable bonds is 4. The van der Waals surface area contributed by atoms with Gasteiger partial charge in [0, 0.05) is 97.1 Å². The quantitative estimate of drug-likeness (QED) is 0.203. The van der Waals surface area contributed by atoms with Crippen molar-refractivity contribution in [2.24, 2.45) is 0 Å². The van der Waals surface area contributed by atoms with Crippen LogP contribution in [0.4, 0.5) is 0 Å².